The van der Waals surface area contributed by atoms with Crippen molar-refractivity contribution < 1.29 is 4.74 Å². The van der Waals surface area contributed by atoms with Crippen molar-refractivity contribution in [1.82, 2.24) is 9.78 Å². The summed E-state index contributed by atoms with van der Waals surface area (Å²) < 4.78 is 7.22. The second-order valence-corrected chi connectivity index (χ2v) is 4.83. The highest BCUT2D eigenvalue weighted by molar-refractivity contribution is 6.30. The molecule has 19 heavy (non-hydrogen) atoms. The van der Waals surface area contributed by atoms with Gasteiger partial charge in [-0.3, -0.25) is 4.68 Å². The molecule has 102 valence electrons. The van der Waals surface area contributed by atoms with E-state index in [1.165, 1.54) is 0 Å². The van der Waals surface area contributed by atoms with Gasteiger partial charge >= 0.3 is 0 Å². The van der Waals surface area contributed by atoms with Crippen molar-refractivity contribution in [2.75, 3.05) is 7.11 Å². The van der Waals surface area contributed by atoms with Crippen LogP contribution < -0.4 is 10.5 Å². The minimum atomic E-state index is -0.0892. The molecule has 2 aromatic rings. The molecule has 0 aliphatic rings. The summed E-state index contributed by atoms with van der Waals surface area (Å²) in [6, 6.07) is 7.69. The Labute approximate surface area is 118 Å². The van der Waals surface area contributed by atoms with Gasteiger partial charge in [0.25, 0.3) is 0 Å². The van der Waals surface area contributed by atoms with E-state index in [0.29, 0.717) is 5.02 Å². The van der Waals surface area contributed by atoms with E-state index in [9.17, 15) is 0 Å². The van der Waals surface area contributed by atoms with Crippen LogP contribution in [0.3, 0.4) is 0 Å². The molecule has 2 unspecified atom stereocenters. The number of benzene rings is 1. The molecular weight excluding hydrogens is 262 g/mol. The first kappa shape index (κ1) is 13.9. The SMILES string of the molecule is CCC(N)C(c1ccccc1OC)n1cc(Cl)cn1. The van der Waals surface area contributed by atoms with Gasteiger partial charge in [-0.15, -0.1) is 0 Å². The van der Waals surface area contributed by atoms with Gasteiger partial charge in [-0.2, -0.15) is 5.10 Å². The average molecular weight is 280 g/mol. The second kappa shape index (κ2) is 6.08. The number of hydrogen-bond acceptors (Lipinski definition) is 3. The molecule has 2 rings (SSSR count). The smallest absolute Gasteiger partial charge is 0.124 e. The van der Waals surface area contributed by atoms with Gasteiger partial charge in [-0.1, -0.05) is 36.7 Å². The number of ether oxygens (including phenoxy) is 1. The lowest BCUT2D eigenvalue weighted by Gasteiger charge is -2.25. The van der Waals surface area contributed by atoms with Gasteiger partial charge in [0.2, 0.25) is 0 Å². The quantitative estimate of drug-likeness (QED) is 0.916. The minimum Gasteiger partial charge on any atom is -0.496 e. The van der Waals surface area contributed by atoms with E-state index in [0.717, 1.165) is 17.7 Å². The second-order valence-electron chi connectivity index (χ2n) is 4.40. The molecule has 5 heteroatoms. The van der Waals surface area contributed by atoms with Crippen molar-refractivity contribution in [1.29, 1.82) is 0 Å². The van der Waals surface area contributed by atoms with Crippen molar-refractivity contribution in [3.8, 4) is 5.75 Å². The lowest BCUT2D eigenvalue weighted by atomic mass is 9.97. The fourth-order valence-corrected chi connectivity index (χ4v) is 2.31. The molecule has 0 aliphatic carbocycles. The lowest BCUT2D eigenvalue weighted by molar-refractivity contribution is 0.376. The molecule has 0 amide bonds. The largest absolute Gasteiger partial charge is 0.496 e. The van der Waals surface area contributed by atoms with Gasteiger partial charge < -0.3 is 10.5 Å². The highest BCUT2D eigenvalue weighted by Crippen LogP contribution is 2.30. The van der Waals surface area contributed by atoms with Crippen LogP contribution in [0.4, 0.5) is 0 Å². The lowest BCUT2D eigenvalue weighted by Crippen LogP contribution is -2.33. The van der Waals surface area contributed by atoms with Gasteiger partial charge in [-0.05, 0) is 12.5 Å². The van der Waals surface area contributed by atoms with Crippen LogP contribution in [0.25, 0.3) is 0 Å². The average Bonchev–Trinajstić information content (AvgIpc) is 2.85. The van der Waals surface area contributed by atoms with Crippen LogP contribution >= 0.6 is 11.6 Å². The first-order valence-corrected chi connectivity index (χ1v) is 6.63. The first-order valence-electron chi connectivity index (χ1n) is 6.25. The predicted octanol–water partition coefficient (Wildman–Crippen LogP) is 2.87. The van der Waals surface area contributed by atoms with E-state index in [1.807, 2.05) is 24.3 Å². The van der Waals surface area contributed by atoms with Crippen LogP contribution in [0.2, 0.25) is 5.02 Å². The molecular formula is C14H18ClN3O. The zero-order valence-corrected chi connectivity index (χ0v) is 11.8. The maximum absolute atomic E-state index is 6.25. The van der Waals surface area contributed by atoms with E-state index >= 15 is 0 Å². The molecule has 0 bridgehead atoms. The minimum absolute atomic E-state index is 0.0627. The summed E-state index contributed by atoms with van der Waals surface area (Å²) >= 11 is 5.96. The van der Waals surface area contributed by atoms with Gasteiger partial charge in [-0.25, -0.2) is 0 Å². The van der Waals surface area contributed by atoms with Crippen LogP contribution in [-0.2, 0) is 0 Å². The van der Waals surface area contributed by atoms with Gasteiger partial charge in [0.15, 0.2) is 0 Å². The highest BCUT2D eigenvalue weighted by Gasteiger charge is 2.24. The number of methoxy groups -OCH3 is 1. The summed E-state index contributed by atoms with van der Waals surface area (Å²) in [5.41, 5.74) is 7.27. The van der Waals surface area contributed by atoms with Crippen LogP contribution in [0.5, 0.6) is 5.75 Å². The normalized spacial score (nSPS) is 14.1. The molecule has 1 heterocycles. The Morgan fingerprint density at radius 3 is 2.74 bits per heavy atom. The Morgan fingerprint density at radius 1 is 1.42 bits per heavy atom. The Kier molecular flexibility index (Phi) is 4.45. The Morgan fingerprint density at radius 2 is 2.16 bits per heavy atom. The molecule has 4 nitrogen and oxygen atoms in total. The molecule has 0 spiro atoms. The summed E-state index contributed by atoms with van der Waals surface area (Å²) in [7, 11) is 1.66. The molecule has 2 atom stereocenters. The van der Waals surface area contributed by atoms with Gasteiger partial charge in [0, 0.05) is 17.8 Å². The number of rotatable bonds is 5. The zero-order chi connectivity index (χ0) is 13.8. The van der Waals surface area contributed by atoms with Gasteiger partial charge in [0.1, 0.15) is 5.75 Å². The van der Waals surface area contributed by atoms with Crippen molar-refractivity contribution in [3.05, 3.63) is 47.2 Å². The van der Waals surface area contributed by atoms with E-state index in [1.54, 1.807) is 24.2 Å². The highest BCUT2D eigenvalue weighted by atomic mass is 35.5. The predicted molar refractivity (Wildman–Crippen MR) is 76.6 cm³/mol. The monoisotopic (exact) mass is 279 g/mol. The fraction of sp³-hybridized carbons (Fsp3) is 0.357. The summed E-state index contributed by atoms with van der Waals surface area (Å²) in [6.45, 7) is 2.05. The summed E-state index contributed by atoms with van der Waals surface area (Å²) in [4.78, 5) is 0. The third-order valence-corrected chi connectivity index (χ3v) is 3.38. The Hall–Kier alpha value is -1.52. The fourth-order valence-electron chi connectivity index (χ4n) is 2.17. The number of hydrogen-bond donors (Lipinski definition) is 1. The van der Waals surface area contributed by atoms with Crippen molar-refractivity contribution in [2.45, 2.75) is 25.4 Å². The molecule has 0 fully saturated rings. The van der Waals surface area contributed by atoms with Crippen LogP contribution in [0.15, 0.2) is 36.7 Å². The van der Waals surface area contributed by atoms with E-state index < -0.39 is 0 Å². The molecule has 0 aliphatic heterocycles. The Bertz CT molecular complexity index is 541. The third-order valence-electron chi connectivity index (χ3n) is 3.19. The molecule has 1 aromatic carbocycles. The van der Waals surface area contributed by atoms with Crippen molar-refractivity contribution in [2.24, 2.45) is 5.73 Å². The van der Waals surface area contributed by atoms with Crippen molar-refractivity contribution in [3.63, 3.8) is 0 Å². The van der Waals surface area contributed by atoms with E-state index in [2.05, 4.69) is 12.0 Å². The third kappa shape index (κ3) is 2.91. The topological polar surface area (TPSA) is 53.1 Å². The number of halogens is 1. The number of nitrogens with two attached hydrogens (primary N) is 1. The zero-order valence-electron chi connectivity index (χ0n) is 11.1. The van der Waals surface area contributed by atoms with E-state index in [-0.39, 0.29) is 12.1 Å². The number of nitrogens with zero attached hydrogens (tertiary/aromatic N) is 2. The summed E-state index contributed by atoms with van der Waals surface area (Å²) in [5.74, 6) is 0.808. The van der Waals surface area contributed by atoms with Gasteiger partial charge in [0.05, 0.1) is 24.4 Å². The standard InChI is InChI=1S/C14H18ClN3O/c1-3-12(16)14(18-9-10(15)8-17-18)11-6-4-5-7-13(11)19-2/h4-9,12,14H,3,16H2,1-2H3. The van der Waals surface area contributed by atoms with Crippen LogP contribution in [0.1, 0.15) is 24.9 Å². The van der Waals surface area contributed by atoms with Crippen molar-refractivity contribution >= 4 is 11.6 Å². The van der Waals surface area contributed by atoms with E-state index in [4.69, 9.17) is 22.1 Å². The first-order chi connectivity index (χ1) is 9.17. The molecule has 1 aromatic heterocycles. The molecule has 0 saturated carbocycles. The maximum Gasteiger partial charge on any atom is 0.124 e. The number of para-hydroxylation sites is 1. The summed E-state index contributed by atoms with van der Waals surface area (Å²) in [5, 5.41) is 4.89. The van der Waals surface area contributed by atoms with Crippen LogP contribution in [0, 0.1) is 0 Å². The Balaban J connectivity index is 2.48. The van der Waals surface area contributed by atoms with Crippen LogP contribution in [-0.4, -0.2) is 22.9 Å². The molecule has 2 N–H and O–H groups in total. The summed E-state index contributed by atoms with van der Waals surface area (Å²) in [6.07, 6.45) is 4.24. The molecule has 0 saturated heterocycles. The maximum atomic E-state index is 6.25. The number of aromatic nitrogens is 2. The molecule has 0 radical (unpaired) electrons.